The van der Waals surface area contributed by atoms with Crippen molar-refractivity contribution in [1.29, 1.82) is 0 Å². The number of hydrogen-bond donors (Lipinski definition) is 2. The van der Waals surface area contributed by atoms with Gasteiger partial charge in [-0.1, -0.05) is 60.7 Å². The van der Waals surface area contributed by atoms with Gasteiger partial charge < -0.3 is 5.32 Å². The van der Waals surface area contributed by atoms with Gasteiger partial charge in [0.1, 0.15) is 0 Å². The Morgan fingerprint density at radius 3 is 2.00 bits per heavy atom. The number of rotatable bonds is 6. The lowest BCUT2D eigenvalue weighted by Gasteiger charge is -2.39. The Balaban J connectivity index is 1.29. The molecule has 176 valence electrons. The van der Waals surface area contributed by atoms with Crippen LogP contribution in [0.2, 0.25) is 0 Å². The Morgan fingerprint density at radius 2 is 1.48 bits per heavy atom. The van der Waals surface area contributed by atoms with E-state index in [1.54, 1.807) is 0 Å². The third kappa shape index (κ3) is 6.40. The normalized spacial score (nSPS) is 21.1. The zero-order valence-corrected chi connectivity index (χ0v) is 19.3. The first-order chi connectivity index (χ1) is 15.9. The molecule has 0 spiro atoms. The van der Waals surface area contributed by atoms with E-state index in [9.17, 15) is 18.0 Å². The standard InChI is InChI=1S/C24H30N4O4S/c29-22(26-24(30)25-21-11-16-33(31,32)18-21)17-27-12-14-28(15-13-27)23(19-7-3-1-4-8-19)20-9-5-2-6-10-20/h1-10,21,23H,11-18H2,(H2,25,26,29,30). The summed E-state index contributed by atoms with van der Waals surface area (Å²) in [6.07, 6.45) is 0.385. The number of sulfone groups is 1. The molecule has 2 N–H and O–H groups in total. The second-order valence-electron chi connectivity index (χ2n) is 8.66. The van der Waals surface area contributed by atoms with Gasteiger partial charge in [0.25, 0.3) is 0 Å². The number of nitrogens with zero attached hydrogens (tertiary/aromatic N) is 2. The Morgan fingerprint density at radius 1 is 0.909 bits per heavy atom. The summed E-state index contributed by atoms with van der Waals surface area (Å²) in [6, 6.07) is 19.9. The van der Waals surface area contributed by atoms with Gasteiger partial charge in [-0.25, -0.2) is 13.2 Å². The van der Waals surface area contributed by atoms with E-state index in [0.717, 1.165) is 13.1 Å². The van der Waals surface area contributed by atoms with Gasteiger partial charge in [-0.15, -0.1) is 0 Å². The van der Waals surface area contributed by atoms with E-state index in [4.69, 9.17) is 0 Å². The highest BCUT2D eigenvalue weighted by Crippen LogP contribution is 2.29. The summed E-state index contributed by atoms with van der Waals surface area (Å²) >= 11 is 0. The van der Waals surface area contributed by atoms with Crippen molar-refractivity contribution in [3.8, 4) is 0 Å². The molecule has 4 rings (SSSR count). The molecule has 2 aliphatic heterocycles. The van der Waals surface area contributed by atoms with Crippen LogP contribution in [0.1, 0.15) is 23.6 Å². The van der Waals surface area contributed by atoms with Crippen LogP contribution in [-0.2, 0) is 14.6 Å². The molecule has 0 saturated carbocycles. The minimum Gasteiger partial charge on any atom is -0.334 e. The molecule has 9 heteroatoms. The van der Waals surface area contributed by atoms with Gasteiger partial charge in [-0.2, -0.15) is 0 Å². The van der Waals surface area contributed by atoms with Crippen molar-refractivity contribution < 1.29 is 18.0 Å². The molecule has 33 heavy (non-hydrogen) atoms. The molecular formula is C24H30N4O4S. The Hall–Kier alpha value is -2.75. The maximum absolute atomic E-state index is 12.3. The number of nitrogens with one attached hydrogen (secondary N) is 2. The molecule has 2 fully saturated rings. The second kappa shape index (κ2) is 10.5. The molecule has 2 aromatic rings. The molecule has 8 nitrogen and oxygen atoms in total. The van der Waals surface area contributed by atoms with Gasteiger partial charge in [0, 0.05) is 32.2 Å². The topological polar surface area (TPSA) is 98.8 Å². The number of amides is 3. The Bertz CT molecular complexity index is 1010. The molecule has 3 amide bonds. The fourth-order valence-corrected chi connectivity index (χ4v) is 6.24. The minimum absolute atomic E-state index is 0.0689. The summed E-state index contributed by atoms with van der Waals surface area (Å²) in [5, 5.41) is 4.91. The van der Waals surface area contributed by atoms with Gasteiger partial charge >= 0.3 is 6.03 Å². The van der Waals surface area contributed by atoms with E-state index in [-0.39, 0.29) is 30.0 Å². The molecule has 0 bridgehead atoms. The molecule has 2 aromatic carbocycles. The van der Waals surface area contributed by atoms with Crippen molar-refractivity contribution in [2.75, 3.05) is 44.2 Å². The number of benzene rings is 2. The minimum atomic E-state index is -3.09. The molecular weight excluding hydrogens is 440 g/mol. The highest BCUT2D eigenvalue weighted by atomic mass is 32.2. The number of urea groups is 1. The van der Waals surface area contributed by atoms with Gasteiger partial charge in [0.05, 0.1) is 24.1 Å². The predicted molar refractivity (Wildman–Crippen MR) is 126 cm³/mol. The zero-order chi connectivity index (χ0) is 23.3. The lowest BCUT2D eigenvalue weighted by atomic mass is 9.96. The highest BCUT2D eigenvalue weighted by molar-refractivity contribution is 7.91. The molecule has 2 aliphatic rings. The number of hydrogen-bond acceptors (Lipinski definition) is 6. The van der Waals surface area contributed by atoms with Gasteiger partial charge in [0.2, 0.25) is 5.91 Å². The summed E-state index contributed by atoms with van der Waals surface area (Å²) in [5.74, 6) is -0.381. The quantitative estimate of drug-likeness (QED) is 0.662. The monoisotopic (exact) mass is 470 g/mol. The van der Waals surface area contributed by atoms with E-state index < -0.39 is 21.9 Å². The van der Waals surface area contributed by atoms with Crippen LogP contribution in [0.15, 0.2) is 60.7 Å². The maximum atomic E-state index is 12.3. The lowest BCUT2D eigenvalue weighted by Crippen LogP contribution is -2.52. The van der Waals surface area contributed by atoms with Crippen molar-refractivity contribution >= 4 is 21.8 Å². The number of carbonyl (C=O) groups is 2. The summed E-state index contributed by atoms with van der Waals surface area (Å²) in [6.45, 7) is 3.16. The number of piperazine rings is 1. The molecule has 1 unspecified atom stereocenters. The summed E-state index contributed by atoms with van der Waals surface area (Å²) in [4.78, 5) is 28.8. The van der Waals surface area contributed by atoms with Crippen LogP contribution in [0, 0.1) is 0 Å². The second-order valence-corrected chi connectivity index (χ2v) is 10.9. The van der Waals surface area contributed by atoms with Crippen molar-refractivity contribution in [3.05, 3.63) is 71.8 Å². The van der Waals surface area contributed by atoms with Gasteiger partial charge in [-0.3, -0.25) is 19.9 Å². The molecule has 1 atom stereocenters. The maximum Gasteiger partial charge on any atom is 0.321 e. The fourth-order valence-electron chi connectivity index (χ4n) is 4.56. The summed E-state index contributed by atoms with van der Waals surface area (Å²) in [5.41, 5.74) is 2.47. The average Bonchev–Trinajstić information content (AvgIpc) is 3.14. The Labute approximate surface area is 194 Å². The summed E-state index contributed by atoms with van der Waals surface area (Å²) < 4.78 is 23.0. The third-order valence-electron chi connectivity index (χ3n) is 6.19. The van der Waals surface area contributed by atoms with E-state index in [1.807, 2.05) is 17.0 Å². The van der Waals surface area contributed by atoms with Crippen LogP contribution in [0.4, 0.5) is 4.79 Å². The number of carbonyl (C=O) groups excluding carboxylic acids is 2. The highest BCUT2D eigenvalue weighted by Gasteiger charge is 2.30. The van der Waals surface area contributed by atoms with Gasteiger partial charge in [0.15, 0.2) is 9.84 Å². The largest absolute Gasteiger partial charge is 0.334 e. The first kappa shape index (κ1) is 23.4. The van der Waals surface area contributed by atoms with Crippen LogP contribution >= 0.6 is 0 Å². The van der Waals surface area contributed by atoms with Crippen LogP contribution < -0.4 is 10.6 Å². The Kier molecular flexibility index (Phi) is 7.42. The first-order valence-corrected chi connectivity index (χ1v) is 13.1. The van der Waals surface area contributed by atoms with Crippen molar-refractivity contribution in [1.82, 2.24) is 20.4 Å². The average molecular weight is 471 g/mol. The molecule has 0 aromatic heterocycles. The molecule has 2 heterocycles. The molecule has 0 aliphatic carbocycles. The van der Waals surface area contributed by atoms with Crippen LogP contribution in [0.25, 0.3) is 0 Å². The van der Waals surface area contributed by atoms with E-state index >= 15 is 0 Å². The van der Waals surface area contributed by atoms with E-state index in [1.165, 1.54) is 11.1 Å². The van der Waals surface area contributed by atoms with Crippen LogP contribution in [-0.4, -0.2) is 80.4 Å². The van der Waals surface area contributed by atoms with Crippen LogP contribution in [0.3, 0.4) is 0 Å². The third-order valence-corrected chi connectivity index (χ3v) is 7.96. The van der Waals surface area contributed by atoms with Crippen molar-refractivity contribution in [2.24, 2.45) is 0 Å². The van der Waals surface area contributed by atoms with Crippen molar-refractivity contribution in [2.45, 2.75) is 18.5 Å². The first-order valence-electron chi connectivity index (χ1n) is 11.3. The molecule has 0 radical (unpaired) electrons. The smallest absolute Gasteiger partial charge is 0.321 e. The predicted octanol–water partition coefficient (Wildman–Crippen LogP) is 1.41. The van der Waals surface area contributed by atoms with E-state index in [0.29, 0.717) is 19.5 Å². The van der Waals surface area contributed by atoms with Crippen molar-refractivity contribution in [3.63, 3.8) is 0 Å². The fraction of sp³-hybridized carbons (Fsp3) is 0.417. The summed E-state index contributed by atoms with van der Waals surface area (Å²) in [7, 11) is -3.09. The molecule has 2 saturated heterocycles. The number of imide groups is 1. The van der Waals surface area contributed by atoms with Gasteiger partial charge in [-0.05, 0) is 17.5 Å². The van der Waals surface area contributed by atoms with Crippen LogP contribution in [0.5, 0.6) is 0 Å². The lowest BCUT2D eigenvalue weighted by molar-refractivity contribution is -0.121. The van der Waals surface area contributed by atoms with E-state index in [2.05, 4.69) is 64.1 Å². The SMILES string of the molecule is O=C(CN1CCN(C(c2ccccc2)c2ccccc2)CC1)NC(=O)NC1CCS(=O)(=O)C1. The zero-order valence-electron chi connectivity index (χ0n) is 18.5.